The van der Waals surface area contributed by atoms with Crippen molar-refractivity contribution < 1.29 is 9.18 Å². The molecule has 0 radical (unpaired) electrons. The van der Waals surface area contributed by atoms with Gasteiger partial charge in [-0.2, -0.15) is 5.26 Å². The minimum atomic E-state index is -0.960. The summed E-state index contributed by atoms with van der Waals surface area (Å²) in [5, 5.41) is 18.3. The monoisotopic (exact) mass is 409 g/mol. The van der Waals surface area contributed by atoms with Gasteiger partial charge in [-0.3, -0.25) is 9.69 Å². The van der Waals surface area contributed by atoms with Crippen LogP contribution in [-0.4, -0.2) is 46.5 Å². The number of carbonyl (C=O) groups is 1. The van der Waals surface area contributed by atoms with Crippen LogP contribution in [-0.2, 0) is 10.3 Å². The molecule has 1 saturated heterocycles. The SMILES string of the molecule is CCNc1cc(F)cc2c1NC(=O)C2(C)N1CCC[C@@H](Nc2cnc(C#N)cn2)C1. The maximum atomic E-state index is 14.4. The van der Waals surface area contributed by atoms with Crippen molar-refractivity contribution in [2.75, 3.05) is 35.6 Å². The molecule has 4 rings (SSSR count). The third-order valence-electron chi connectivity index (χ3n) is 5.85. The lowest BCUT2D eigenvalue weighted by atomic mass is 9.88. The number of aromatic nitrogens is 2. The van der Waals surface area contributed by atoms with E-state index in [1.807, 2.05) is 19.9 Å². The van der Waals surface area contributed by atoms with Crippen molar-refractivity contribution in [3.63, 3.8) is 0 Å². The lowest BCUT2D eigenvalue weighted by Crippen LogP contribution is -2.55. The number of fused-ring (bicyclic) bond motifs is 1. The predicted molar refractivity (Wildman–Crippen MR) is 112 cm³/mol. The van der Waals surface area contributed by atoms with Gasteiger partial charge >= 0.3 is 0 Å². The number of anilines is 3. The average Bonchev–Trinajstić information content (AvgIpc) is 3.01. The first-order valence-corrected chi connectivity index (χ1v) is 10.1. The first-order chi connectivity index (χ1) is 14.5. The van der Waals surface area contributed by atoms with Gasteiger partial charge in [0.25, 0.3) is 0 Å². The quantitative estimate of drug-likeness (QED) is 0.697. The number of likely N-dealkylation sites (tertiary alicyclic amines) is 1. The molecule has 2 aliphatic heterocycles. The zero-order chi connectivity index (χ0) is 21.3. The lowest BCUT2D eigenvalue weighted by Gasteiger charge is -2.42. The van der Waals surface area contributed by atoms with E-state index in [1.54, 1.807) is 0 Å². The number of nitrogens with zero attached hydrogens (tertiary/aromatic N) is 4. The Kier molecular flexibility index (Phi) is 5.26. The van der Waals surface area contributed by atoms with Crippen LogP contribution in [0.5, 0.6) is 0 Å². The molecule has 2 aromatic rings. The molecule has 1 aromatic heterocycles. The summed E-state index contributed by atoms with van der Waals surface area (Å²) in [6.45, 7) is 5.74. The highest BCUT2D eigenvalue weighted by atomic mass is 19.1. The molecule has 8 nitrogen and oxygen atoms in total. The van der Waals surface area contributed by atoms with Crippen LogP contribution in [0.15, 0.2) is 24.5 Å². The average molecular weight is 409 g/mol. The van der Waals surface area contributed by atoms with Gasteiger partial charge in [0, 0.05) is 24.7 Å². The van der Waals surface area contributed by atoms with E-state index in [4.69, 9.17) is 5.26 Å². The van der Waals surface area contributed by atoms with Crippen molar-refractivity contribution in [2.24, 2.45) is 0 Å². The van der Waals surface area contributed by atoms with Crippen LogP contribution in [0.4, 0.5) is 21.6 Å². The second-order valence-corrected chi connectivity index (χ2v) is 7.76. The van der Waals surface area contributed by atoms with E-state index in [2.05, 4.69) is 30.8 Å². The second kappa shape index (κ2) is 7.88. The first-order valence-electron chi connectivity index (χ1n) is 10.1. The van der Waals surface area contributed by atoms with E-state index in [1.165, 1.54) is 24.5 Å². The Morgan fingerprint density at radius 2 is 2.23 bits per heavy atom. The molecule has 3 N–H and O–H groups in total. The summed E-state index contributed by atoms with van der Waals surface area (Å²) in [5.74, 6) is 0.0655. The third kappa shape index (κ3) is 3.44. The maximum Gasteiger partial charge on any atom is 0.249 e. The van der Waals surface area contributed by atoms with Crippen LogP contribution in [0.25, 0.3) is 0 Å². The van der Waals surface area contributed by atoms with Crippen molar-refractivity contribution in [3.05, 3.63) is 41.6 Å². The number of nitriles is 1. The van der Waals surface area contributed by atoms with Crippen molar-refractivity contribution >= 4 is 23.1 Å². The molecule has 1 amide bonds. The van der Waals surface area contributed by atoms with Gasteiger partial charge in [0.15, 0.2) is 5.69 Å². The number of carbonyl (C=O) groups excluding carboxylic acids is 1. The molecule has 2 atom stereocenters. The number of piperidine rings is 1. The zero-order valence-electron chi connectivity index (χ0n) is 17.0. The number of benzene rings is 1. The lowest BCUT2D eigenvalue weighted by molar-refractivity contribution is -0.127. The van der Waals surface area contributed by atoms with Gasteiger partial charge in [-0.1, -0.05) is 0 Å². The number of halogens is 1. The van der Waals surface area contributed by atoms with Crippen LogP contribution < -0.4 is 16.0 Å². The van der Waals surface area contributed by atoms with Gasteiger partial charge in [0.05, 0.1) is 23.8 Å². The molecule has 1 aromatic carbocycles. The first kappa shape index (κ1) is 20.0. The highest BCUT2D eigenvalue weighted by molar-refractivity contribution is 6.08. The number of amides is 1. The molecular formula is C21H24FN7O. The number of hydrogen-bond acceptors (Lipinski definition) is 7. The van der Waals surface area contributed by atoms with E-state index >= 15 is 0 Å². The van der Waals surface area contributed by atoms with Crippen molar-refractivity contribution in [1.29, 1.82) is 5.26 Å². The van der Waals surface area contributed by atoms with Crippen LogP contribution in [0, 0.1) is 17.1 Å². The predicted octanol–water partition coefficient (Wildman–Crippen LogP) is 2.66. The molecule has 156 valence electrons. The van der Waals surface area contributed by atoms with Gasteiger partial charge in [0.1, 0.15) is 23.2 Å². The second-order valence-electron chi connectivity index (χ2n) is 7.76. The van der Waals surface area contributed by atoms with E-state index in [-0.39, 0.29) is 23.5 Å². The van der Waals surface area contributed by atoms with Crippen molar-refractivity contribution in [3.8, 4) is 6.07 Å². The van der Waals surface area contributed by atoms with E-state index < -0.39 is 5.54 Å². The molecular weight excluding hydrogens is 385 g/mol. The highest BCUT2D eigenvalue weighted by Gasteiger charge is 2.49. The largest absolute Gasteiger partial charge is 0.384 e. The molecule has 0 saturated carbocycles. The summed E-state index contributed by atoms with van der Waals surface area (Å²) in [6.07, 6.45) is 4.76. The minimum Gasteiger partial charge on any atom is -0.384 e. The maximum absolute atomic E-state index is 14.4. The van der Waals surface area contributed by atoms with E-state index in [0.29, 0.717) is 35.8 Å². The van der Waals surface area contributed by atoms with Crippen LogP contribution in [0.2, 0.25) is 0 Å². The van der Waals surface area contributed by atoms with Gasteiger partial charge in [-0.25, -0.2) is 14.4 Å². The van der Waals surface area contributed by atoms with E-state index in [9.17, 15) is 9.18 Å². The third-order valence-corrected chi connectivity index (χ3v) is 5.85. The van der Waals surface area contributed by atoms with Crippen molar-refractivity contribution in [1.82, 2.24) is 14.9 Å². The van der Waals surface area contributed by atoms with E-state index in [0.717, 1.165) is 19.4 Å². The van der Waals surface area contributed by atoms with Gasteiger partial charge in [-0.15, -0.1) is 0 Å². The van der Waals surface area contributed by atoms with Crippen LogP contribution in [0.1, 0.15) is 37.9 Å². The topological polar surface area (TPSA) is 106 Å². The summed E-state index contributed by atoms with van der Waals surface area (Å²) >= 11 is 0. The molecule has 1 fully saturated rings. The smallest absolute Gasteiger partial charge is 0.249 e. The van der Waals surface area contributed by atoms with Crippen molar-refractivity contribution in [2.45, 2.75) is 38.3 Å². The Morgan fingerprint density at radius 3 is 2.93 bits per heavy atom. The summed E-state index contributed by atoms with van der Waals surface area (Å²) in [4.78, 5) is 23.4. The van der Waals surface area contributed by atoms with Crippen LogP contribution in [0.3, 0.4) is 0 Å². The Hall–Kier alpha value is -3.25. The number of hydrogen-bond donors (Lipinski definition) is 3. The normalized spacial score (nSPS) is 23.4. The molecule has 30 heavy (non-hydrogen) atoms. The van der Waals surface area contributed by atoms with Gasteiger partial charge < -0.3 is 16.0 Å². The molecule has 2 aliphatic rings. The summed E-state index contributed by atoms with van der Waals surface area (Å²) in [6, 6.07) is 4.87. The molecule has 9 heteroatoms. The highest BCUT2D eigenvalue weighted by Crippen LogP contribution is 2.45. The Morgan fingerprint density at radius 1 is 1.40 bits per heavy atom. The summed E-state index contributed by atoms with van der Waals surface area (Å²) in [7, 11) is 0. The van der Waals surface area contributed by atoms with Gasteiger partial charge in [-0.05, 0) is 45.4 Å². The molecule has 3 heterocycles. The standard InChI is InChI=1S/C21H24FN7O/c1-3-24-17-8-13(22)7-16-19(17)28-20(30)21(16,2)29-6-4-5-14(12-29)27-18-11-25-15(9-23)10-26-18/h7-8,10-11,14,24H,3-6,12H2,1-2H3,(H,26,27)(H,28,30)/t14-,21?/m1/s1. The fourth-order valence-electron chi connectivity index (χ4n) is 4.30. The summed E-state index contributed by atoms with van der Waals surface area (Å²) in [5.41, 5.74) is 1.21. The fourth-order valence-corrected chi connectivity index (χ4v) is 4.30. The number of rotatable bonds is 5. The Bertz CT molecular complexity index is 1000. The number of nitrogens with one attached hydrogen (secondary N) is 3. The minimum absolute atomic E-state index is 0.0523. The molecule has 1 unspecified atom stereocenters. The molecule has 0 aliphatic carbocycles. The fraction of sp³-hybridized carbons (Fsp3) is 0.429. The Labute approximate surface area is 174 Å². The zero-order valence-corrected chi connectivity index (χ0v) is 17.0. The van der Waals surface area contributed by atoms with Gasteiger partial charge in [0.2, 0.25) is 5.91 Å². The molecule has 0 spiro atoms. The van der Waals surface area contributed by atoms with Crippen LogP contribution >= 0.6 is 0 Å². The molecule has 0 bridgehead atoms. The summed E-state index contributed by atoms with van der Waals surface area (Å²) < 4.78 is 14.4. The Balaban J connectivity index is 1.59.